The molecule has 1 aliphatic rings. The largest absolute Gasteiger partial charge is 0.339 e. The molecule has 1 N–H and O–H groups in total. The van der Waals surface area contributed by atoms with E-state index in [1.54, 1.807) is 24.2 Å². The molecular weight excluding hydrogens is 320 g/mol. The lowest BCUT2D eigenvalue weighted by Crippen LogP contribution is -2.27. The Hall–Kier alpha value is -2.60. The molecule has 6 heteroatoms. The van der Waals surface area contributed by atoms with Crippen LogP contribution in [0.1, 0.15) is 16.6 Å². The Balaban J connectivity index is 1.59. The van der Waals surface area contributed by atoms with Crippen LogP contribution in [0.3, 0.4) is 0 Å². The Kier molecular flexibility index (Phi) is 4.04. The number of benzene rings is 1. The van der Waals surface area contributed by atoms with Crippen molar-refractivity contribution in [2.75, 3.05) is 5.75 Å². The normalized spacial score (nSPS) is 17.4. The maximum Gasteiger partial charge on any atom is 0.234 e. The van der Waals surface area contributed by atoms with Gasteiger partial charge in [-0.05, 0) is 17.7 Å². The number of rotatable bonds is 4. The topological polar surface area (TPSA) is 61.9 Å². The van der Waals surface area contributed by atoms with Gasteiger partial charge in [-0.25, -0.2) is 4.98 Å². The highest BCUT2D eigenvalue weighted by Crippen LogP contribution is 2.39. The number of carbonyl (C=O) groups is 1. The van der Waals surface area contributed by atoms with Gasteiger partial charge in [0.05, 0.1) is 17.6 Å². The summed E-state index contributed by atoms with van der Waals surface area (Å²) in [7, 11) is 0. The Morgan fingerprint density at radius 1 is 1.17 bits per heavy atom. The van der Waals surface area contributed by atoms with Gasteiger partial charge in [0.15, 0.2) is 0 Å². The molecule has 0 bridgehead atoms. The third-order valence-electron chi connectivity index (χ3n) is 3.98. The fraction of sp³-hybridized carbons (Fsp3) is 0.167. The minimum atomic E-state index is -0.0318. The van der Waals surface area contributed by atoms with E-state index in [9.17, 15) is 4.79 Å². The second-order valence-electron chi connectivity index (χ2n) is 5.59. The van der Waals surface area contributed by atoms with Gasteiger partial charge in [-0.3, -0.25) is 9.78 Å². The SMILES string of the molecule is O=C1CSC(c2cnc(-c3ccccc3)[nH]2)N1Cc1ccncc1. The number of imidazole rings is 1. The number of H-pyrrole nitrogens is 1. The Morgan fingerprint density at radius 3 is 2.75 bits per heavy atom. The van der Waals surface area contributed by atoms with Crippen LogP contribution in [0.5, 0.6) is 0 Å². The molecule has 24 heavy (non-hydrogen) atoms. The van der Waals surface area contributed by atoms with Gasteiger partial charge in [0.25, 0.3) is 0 Å². The lowest BCUT2D eigenvalue weighted by molar-refractivity contribution is -0.128. The van der Waals surface area contributed by atoms with Crippen molar-refractivity contribution in [3.63, 3.8) is 0 Å². The van der Waals surface area contributed by atoms with Crippen molar-refractivity contribution < 1.29 is 4.79 Å². The number of aromatic nitrogens is 3. The number of hydrogen-bond donors (Lipinski definition) is 1. The molecule has 0 saturated carbocycles. The van der Waals surface area contributed by atoms with Crippen LogP contribution in [0.25, 0.3) is 11.4 Å². The summed E-state index contributed by atoms with van der Waals surface area (Å²) in [6, 6.07) is 13.9. The van der Waals surface area contributed by atoms with Gasteiger partial charge in [-0.2, -0.15) is 0 Å². The molecule has 0 spiro atoms. The molecule has 0 aliphatic carbocycles. The van der Waals surface area contributed by atoms with Gasteiger partial charge in [-0.15, -0.1) is 11.8 Å². The standard InChI is InChI=1S/C18H16N4OS/c23-16-12-24-18(22(16)11-13-6-8-19-9-7-13)15-10-20-17(21-15)14-4-2-1-3-5-14/h1-10,18H,11-12H2,(H,20,21). The smallest absolute Gasteiger partial charge is 0.234 e. The monoisotopic (exact) mass is 336 g/mol. The van der Waals surface area contributed by atoms with Crippen LogP contribution in [0.4, 0.5) is 0 Å². The summed E-state index contributed by atoms with van der Waals surface area (Å²) in [6.07, 6.45) is 5.33. The highest BCUT2D eigenvalue weighted by Gasteiger charge is 2.34. The van der Waals surface area contributed by atoms with Crippen LogP contribution in [0.15, 0.2) is 61.1 Å². The number of aromatic amines is 1. The summed E-state index contributed by atoms with van der Waals surface area (Å²) in [6.45, 7) is 0.582. The average Bonchev–Trinajstić information content (AvgIpc) is 3.25. The Bertz CT molecular complexity index is 834. The van der Waals surface area contributed by atoms with E-state index in [-0.39, 0.29) is 11.3 Å². The molecule has 1 amide bonds. The van der Waals surface area contributed by atoms with Crippen molar-refractivity contribution >= 4 is 17.7 Å². The van der Waals surface area contributed by atoms with Crippen molar-refractivity contribution in [3.05, 3.63) is 72.3 Å². The first-order valence-corrected chi connectivity index (χ1v) is 8.76. The number of amides is 1. The van der Waals surface area contributed by atoms with E-state index >= 15 is 0 Å². The zero-order valence-corrected chi connectivity index (χ0v) is 13.7. The Morgan fingerprint density at radius 2 is 1.96 bits per heavy atom. The van der Waals surface area contributed by atoms with Crippen LogP contribution < -0.4 is 0 Å². The fourth-order valence-corrected chi connectivity index (χ4v) is 3.91. The number of thioether (sulfide) groups is 1. The van der Waals surface area contributed by atoms with Crippen molar-refractivity contribution in [3.8, 4) is 11.4 Å². The molecule has 5 nitrogen and oxygen atoms in total. The molecule has 2 aromatic heterocycles. The summed E-state index contributed by atoms with van der Waals surface area (Å²) >= 11 is 1.63. The van der Waals surface area contributed by atoms with Gasteiger partial charge in [0.1, 0.15) is 11.2 Å². The molecule has 1 fully saturated rings. The second-order valence-corrected chi connectivity index (χ2v) is 6.66. The fourth-order valence-electron chi connectivity index (χ4n) is 2.77. The first-order chi connectivity index (χ1) is 11.8. The lowest BCUT2D eigenvalue weighted by atomic mass is 10.2. The molecule has 1 aliphatic heterocycles. The third kappa shape index (κ3) is 2.92. The number of pyridine rings is 1. The number of carbonyl (C=O) groups excluding carboxylic acids is 1. The first-order valence-electron chi connectivity index (χ1n) is 7.71. The zero-order valence-electron chi connectivity index (χ0n) is 12.9. The van der Waals surface area contributed by atoms with Crippen molar-refractivity contribution in [2.45, 2.75) is 11.9 Å². The first kappa shape index (κ1) is 15.0. The maximum absolute atomic E-state index is 12.3. The zero-order chi connectivity index (χ0) is 16.4. The van der Waals surface area contributed by atoms with Crippen molar-refractivity contribution in [2.24, 2.45) is 0 Å². The highest BCUT2D eigenvalue weighted by molar-refractivity contribution is 8.00. The second kappa shape index (κ2) is 6.49. The van der Waals surface area contributed by atoms with Gasteiger partial charge >= 0.3 is 0 Å². The van der Waals surface area contributed by atoms with E-state index in [0.717, 1.165) is 22.6 Å². The number of nitrogens with one attached hydrogen (secondary N) is 1. The van der Waals surface area contributed by atoms with Crippen LogP contribution >= 0.6 is 11.8 Å². The molecule has 1 atom stereocenters. The molecule has 4 rings (SSSR count). The van der Waals surface area contributed by atoms with Crippen molar-refractivity contribution in [1.82, 2.24) is 19.9 Å². The van der Waals surface area contributed by atoms with Gasteiger partial charge in [0, 0.05) is 24.5 Å². The van der Waals surface area contributed by atoms with Crippen LogP contribution in [0.2, 0.25) is 0 Å². The maximum atomic E-state index is 12.3. The lowest BCUT2D eigenvalue weighted by Gasteiger charge is -2.22. The molecule has 1 unspecified atom stereocenters. The highest BCUT2D eigenvalue weighted by atomic mass is 32.2. The Labute approximate surface area is 144 Å². The van der Waals surface area contributed by atoms with E-state index in [2.05, 4.69) is 15.0 Å². The molecular formula is C18H16N4OS. The summed E-state index contributed by atoms with van der Waals surface area (Å²) in [5.41, 5.74) is 3.08. The van der Waals surface area contributed by atoms with Crippen LogP contribution in [-0.2, 0) is 11.3 Å². The number of nitrogens with zero attached hydrogens (tertiary/aromatic N) is 3. The van der Waals surface area contributed by atoms with Crippen LogP contribution in [0, 0.1) is 0 Å². The third-order valence-corrected chi connectivity index (χ3v) is 5.22. The number of hydrogen-bond acceptors (Lipinski definition) is 4. The van der Waals surface area contributed by atoms with Crippen molar-refractivity contribution in [1.29, 1.82) is 0 Å². The minimum absolute atomic E-state index is 0.0318. The van der Waals surface area contributed by atoms with Gasteiger partial charge in [-0.1, -0.05) is 30.3 Å². The van der Waals surface area contributed by atoms with E-state index in [1.165, 1.54) is 0 Å². The van der Waals surface area contributed by atoms with Crippen LogP contribution in [-0.4, -0.2) is 31.5 Å². The summed E-state index contributed by atoms with van der Waals surface area (Å²) in [4.78, 5) is 26.1. The summed E-state index contributed by atoms with van der Waals surface area (Å²) in [5, 5.41) is -0.0318. The van der Waals surface area contributed by atoms with E-state index in [4.69, 9.17) is 0 Å². The molecule has 3 heterocycles. The predicted octanol–water partition coefficient (Wildman–Crippen LogP) is 3.25. The molecule has 1 saturated heterocycles. The minimum Gasteiger partial charge on any atom is -0.339 e. The molecule has 0 radical (unpaired) electrons. The molecule has 1 aromatic carbocycles. The van der Waals surface area contributed by atoms with E-state index in [1.807, 2.05) is 53.6 Å². The van der Waals surface area contributed by atoms with E-state index in [0.29, 0.717) is 12.3 Å². The quantitative estimate of drug-likeness (QED) is 0.794. The van der Waals surface area contributed by atoms with Gasteiger partial charge in [0.2, 0.25) is 5.91 Å². The summed E-state index contributed by atoms with van der Waals surface area (Å²) < 4.78 is 0. The summed E-state index contributed by atoms with van der Waals surface area (Å²) in [5.74, 6) is 1.47. The predicted molar refractivity (Wildman–Crippen MR) is 94.0 cm³/mol. The molecule has 3 aromatic rings. The van der Waals surface area contributed by atoms with E-state index < -0.39 is 0 Å². The molecule has 120 valence electrons. The van der Waals surface area contributed by atoms with Gasteiger partial charge < -0.3 is 9.88 Å². The average molecular weight is 336 g/mol.